The Bertz CT molecular complexity index is 647. The average Bonchev–Trinajstić information content (AvgIpc) is 3.10. The Labute approximate surface area is 143 Å². The summed E-state index contributed by atoms with van der Waals surface area (Å²) in [5.74, 6) is 0. The molecule has 1 saturated heterocycles. The van der Waals surface area contributed by atoms with E-state index in [1.165, 1.54) is 47.5 Å². The highest BCUT2D eigenvalue weighted by Crippen LogP contribution is 2.29. The van der Waals surface area contributed by atoms with E-state index < -0.39 is 0 Å². The molecular formula is C20H24N2S. The standard InChI is InChI=1S/C20H24N2S/c1-2-6-19-16-22(14-11-18(19)5-1)23-20-9-7-17(8-10-20)15-21-12-3-4-13-21/h1-2,5-10H,3-4,11-16H2. The van der Waals surface area contributed by atoms with Crippen LogP contribution in [0.4, 0.5) is 0 Å². The highest BCUT2D eigenvalue weighted by Gasteiger charge is 2.16. The van der Waals surface area contributed by atoms with Gasteiger partial charge in [-0.25, -0.2) is 4.31 Å². The molecule has 3 heteroatoms. The van der Waals surface area contributed by atoms with Gasteiger partial charge < -0.3 is 0 Å². The van der Waals surface area contributed by atoms with E-state index in [1.807, 2.05) is 11.9 Å². The molecule has 23 heavy (non-hydrogen) atoms. The van der Waals surface area contributed by atoms with E-state index in [1.54, 1.807) is 0 Å². The summed E-state index contributed by atoms with van der Waals surface area (Å²) < 4.78 is 2.48. The summed E-state index contributed by atoms with van der Waals surface area (Å²) >= 11 is 1.90. The van der Waals surface area contributed by atoms with Crippen LogP contribution in [0.25, 0.3) is 0 Å². The molecule has 0 atom stereocenters. The Morgan fingerprint density at radius 2 is 1.57 bits per heavy atom. The molecule has 0 N–H and O–H groups in total. The maximum Gasteiger partial charge on any atom is 0.0346 e. The molecule has 2 aromatic carbocycles. The van der Waals surface area contributed by atoms with Gasteiger partial charge in [-0.1, -0.05) is 36.4 Å². The maximum absolute atomic E-state index is 2.56. The normalized spacial score (nSPS) is 19.0. The lowest BCUT2D eigenvalue weighted by Gasteiger charge is -2.27. The number of likely N-dealkylation sites (tertiary alicyclic amines) is 1. The number of nitrogens with zero attached hydrogens (tertiary/aromatic N) is 2. The highest BCUT2D eigenvalue weighted by atomic mass is 32.2. The molecular weight excluding hydrogens is 300 g/mol. The van der Waals surface area contributed by atoms with Gasteiger partial charge in [0.15, 0.2) is 0 Å². The fourth-order valence-electron chi connectivity index (χ4n) is 3.55. The topological polar surface area (TPSA) is 6.48 Å². The van der Waals surface area contributed by atoms with Gasteiger partial charge >= 0.3 is 0 Å². The second kappa shape index (κ2) is 7.08. The molecule has 1 fully saturated rings. The van der Waals surface area contributed by atoms with Crippen molar-refractivity contribution in [1.29, 1.82) is 0 Å². The summed E-state index contributed by atoms with van der Waals surface area (Å²) in [4.78, 5) is 3.92. The van der Waals surface area contributed by atoms with Crippen molar-refractivity contribution in [3.8, 4) is 0 Å². The van der Waals surface area contributed by atoms with E-state index in [9.17, 15) is 0 Å². The van der Waals surface area contributed by atoms with E-state index in [4.69, 9.17) is 0 Å². The van der Waals surface area contributed by atoms with Crippen LogP contribution in [-0.2, 0) is 19.5 Å². The first-order valence-electron chi connectivity index (χ1n) is 8.68. The molecule has 4 rings (SSSR count). The van der Waals surface area contributed by atoms with E-state index in [2.05, 4.69) is 57.7 Å². The van der Waals surface area contributed by atoms with Crippen molar-refractivity contribution < 1.29 is 0 Å². The molecule has 2 aliphatic rings. The highest BCUT2D eigenvalue weighted by molar-refractivity contribution is 7.97. The summed E-state index contributed by atoms with van der Waals surface area (Å²) in [6.45, 7) is 5.84. The number of benzene rings is 2. The molecule has 0 unspecified atom stereocenters. The third-order valence-corrected chi connectivity index (χ3v) is 5.91. The number of rotatable bonds is 4. The SMILES string of the molecule is c1ccc2c(c1)CCN(Sc1ccc(CN3CCCC3)cc1)C2. The van der Waals surface area contributed by atoms with Gasteiger partial charge in [-0.3, -0.25) is 4.90 Å². The minimum absolute atomic E-state index is 1.05. The Balaban J connectivity index is 1.36. The van der Waals surface area contributed by atoms with Crippen molar-refractivity contribution in [2.75, 3.05) is 19.6 Å². The maximum atomic E-state index is 2.56. The second-order valence-electron chi connectivity index (χ2n) is 6.60. The Morgan fingerprint density at radius 1 is 0.826 bits per heavy atom. The zero-order chi connectivity index (χ0) is 15.5. The number of hydrogen-bond acceptors (Lipinski definition) is 3. The van der Waals surface area contributed by atoms with Gasteiger partial charge in [0.25, 0.3) is 0 Å². The minimum Gasteiger partial charge on any atom is -0.299 e. The molecule has 0 spiro atoms. The van der Waals surface area contributed by atoms with Crippen LogP contribution in [0, 0.1) is 0 Å². The van der Waals surface area contributed by atoms with Crippen LogP contribution in [-0.4, -0.2) is 28.8 Å². The molecule has 0 aromatic heterocycles. The molecule has 0 saturated carbocycles. The van der Waals surface area contributed by atoms with Gasteiger partial charge in [-0.15, -0.1) is 0 Å². The molecule has 2 heterocycles. The third-order valence-electron chi connectivity index (χ3n) is 4.86. The van der Waals surface area contributed by atoms with Crippen molar-refractivity contribution >= 4 is 11.9 Å². The van der Waals surface area contributed by atoms with E-state index in [0.29, 0.717) is 0 Å². The number of hydrogen-bond donors (Lipinski definition) is 0. The van der Waals surface area contributed by atoms with Gasteiger partial charge in [0.1, 0.15) is 0 Å². The van der Waals surface area contributed by atoms with Crippen LogP contribution < -0.4 is 0 Å². The monoisotopic (exact) mass is 324 g/mol. The fraction of sp³-hybridized carbons (Fsp3) is 0.400. The lowest BCUT2D eigenvalue weighted by molar-refractivity contribution is 0.331. The number of fused-ring (bicyclic) bond motifs is 1. The van der Waals surface area contributed by atoms with Crippen LogP contribution in [0.1, 0.15) is 29.5 Å². The molecule has 2 nitrogen and oxygen atoms in total. The largest absolute Gasteiger partial charge is 0.299 e. The van der Waals surface area contributed by atoms with Crippen molar-refractivity contribution in [2.24, 2.45) is 0 Å². The van der Waals surface area contributed by atoms with Gasteiger partial charge in [-0.05, 0) is 73.1 Å². The summed E-state index contributed by atoms with van der Waals surface area (Å²) in [6.07, 6.45) is 3.89. The predicted molar refractivity (Wildman–Crippen MR) is 97.4 cm³/mol. The summed E-state index contributed by atoms with van der Waals surface area (Å²) in [6, 6.07) is 18.0. The Morgan fingerprint density at radius 3 is 2.35 bits per heavy atom. The van der Waals surface area contributed by atoms with E-state index >= 15 is 0 Å². The third kappa shape index (κ3) is 3.79. The average molecular weight is 324 g/mol. The van der Waals surface area contributed by atoms with Gasteiger partial charge in [0.2, 0.25) is 0 Å². The smallest absolute Gasteiger partial charge is 0.0346 e. The first-order valence-corrected chi connectivity index (χ1v) is 9.45. The van der Waals surface area contributed by atoms with Gasteiger partial charge in [-0.2, -0.15) is 0 Å². The van der Waals surface area contributed by atoms with Crippen molar-refractivity contribution in [1.82, 2.24) is 9.21 Å². The molecule has 0 radical (unpaired) electrons. The Hall–Kier alpha value is -1.29. The van der Waals surface area contributed by atoms with E-state index in [0.717, 1.165) is 26.1 Å². The molecule has 0 amide bonds. The molecule has 2 aliphatic heterocycles. The minimum atomic E-state index is 1.05. The van der Waals surface area contributed by atoms with Crippen molar-refractivity contribution in [2.45, 2.75) is 37.2 Å². The fourth-order valence-corrected chi connectivity index (χ4v) is 4.49. The molecule has 0 aliphatic carbocycles. The van der Waals surface area contributed by atoms with Crippen LogP contribution in [0.5, 0.6) is 0 Å². The zero-order valence-electron chi connectivity index (χ0n) is 13.6. The van der Waals surface area contributed by atoms with Gasteiger partial charge in [0, 0.05) is 24.5 Å². The quantitative estimate of drug-likeness (QED) is 0.772. The van der Waals surface area contributed by atoms with Crippen LogP contribution >= 0.6 is 11.9 Å². The van der Waals surface area contributed by atoms with E-state index in [-0.39, 0.29) is 0 Å². The van der Waals surface area contributed by atoms with Crippen molar-refractivity contribution in [3.63, 3.8) is 0 Å². The van der Waals surface area contributed by atoms with Crippen LogP contribution in [0.15, 0.2) is 53.4 Å². The van der Waals surface area contributed by atoms with Crippen LogP contribution in [0.2, 0.25) is 0 Å². The molecule has 2 aromatic rings. The van der Waals surface area contributed by atoms with Crippen LogP contribution in [0.3, 0.4) is 0 Å². The second-order valence-corrected chi connectivity index (χ2v) is 7.77. The molecule has 0 bridgehead atoms. The van der Waals surface area contributed by atoms with Crippen molar-refractivity contribution in [3.05, 3.63) is 65.2 Å². The summed E-state index contributed by atoms with van der Waals surface area (Å²) in [5.41, 5.74) is 4.45. The first kappa shape index (κ1) is 15.3. The molecule has 120 valence electrons. The lowest BCUT2D eigenvalue weighted by atomic mass is 10.0. The summed E-state index contributed by atoms with van der Waals surface area (Å²) in [7, 11) is 0. The summed E-state index contributed by atoms with van der Waals surface area (Å²) in [5, 5.41) is 0. The predicted octanol–water partition coefficient (Wildman–Crippen LogP) is 4.35. The Kier molecular flexibility index (Phi) is 4.69. The van der Waals surface area contributed by atoms with Gasteiger partial charge in [0.05, 0.1) is 0 Å². The lowest BCUT2D eigenvalue weighted by Crippen LogP contribution is -2.24. The first-order chi connectivity index (χ1) is 11.4. The zero-order valence-corrected chi connectivity index (χ0v) is 14.4.